The second-order valence-electron chi connectivity index (χ2n) is 7.46. The molecule has 0 saturated carbocycles. The molecule has 8 heteroatoms. The molecule has 0 radical (unpaired) electrons. The van der Waals surface area contributed by atoms with Crippen molar-refractivity contribution in [3.05, 3.63) is 42.0 Å². The molecule has 0 spiro atoms. The fourth-order valence-electron chi connectivity index (χ4n) is 2.84. The van der Waals surface area contributed by atoms with Crippen LogP contribution in [-0.4, -0.2) is 29.0 Å². The topological polar surface area (TPSA) is 138 Å². The highest BCUT2D eigenvalue weighted by atomic mass is 16.6. The number of benzene rings is 2. The zero-order valence-electron chi connectivity index (χ0n) is 16.7. The summed E-state index contributed by atoms with van der Waals surface area (Å²) < 4.78 is 5.30. The van der Waals surface area contributed by atoms with Gasteiger partial charge in [0.1, 0.15) is 11.4 Å². The van der Waals surface area contributed by atoms with Crippen LogP contribution in [0, 0.1) is 5.41 Å². The molecule has 0 heterocycles. The van der Waals surface area contributed by atoms with E-state index in [0.29, 0.717) is 35.2 Å². The van der Waals surface area contributed by atoms with Gasteiger partial charge in [0.05, 0.1) is 5.69 Å². The summed E-state index contributed by atoms with van der Waals surface area (Å²) in [6.45, 7) is 5.37. The molecule has 154 valence electrons. The number of carbonyl (C=O) groups excluding carboxylic acids is 2. The number of phenols is 1. The summed E-state index contributed by atoms with van der Waals surface area (Å²) in [5.41, 5.74) is 7.38. The summed E-state index contributed by atoms with van der Waals surface area (Å²) in [7, 11) is 0. The molecule has 0 aromatic heterocycles. The lowest BCUT2D eigenvalue weighted by Gasteiger charge is -2.20. The van der Waals surface area contributed by atoms with E-state index < -0.39 is 5.60 Å². The highest BCUT2D eigenvalue weighted by molar-refractivity contribution is 5.91. The molecule has 0 fully saturated rings. The maximum absolute atomic E-state index is 12.0. The summed E-state index contributed by atoms with van der Waals surface area (Å²) in [5, 5.41) is 23.3. The number of esters is 1. The summed E-state index contributed by atoms with van der Waals surface area (Å²) >= 11 is 0. The number of carbonyl (C=O) groups is 2. The number of amides is 1. The molecular weight excluding hydrogens is 372 g/mol. The minimum absolute atomic E-state index is 0.112. The van der Waals surface area contributed by atoms with Crippen molar-refractivity contribution in [2.75, 3.05) is 10.6 Å². The van der Waals surface area contributed by atoms with E-state index in [1.165, 1.54) is 0 Å². The Hall–Kier alpha value is -3.55. The van der Waals surface area contributed by atoms with Gasteiger partial charge in [0, 0.05) is 17.7 Å². The van der Waals surface area contributed by atoms with Crippen LogP contribution in [0.15, 0.2) is 36.4 Å². The molecule has 8 nitrogen and oxygen atoms in total. The molecular formula is C21H26N4O4. The third-order valence-electron chi connectivity index (χ3n) is 3.94. The SMILES string of the molecule is CC(C)(C)OC(=O)CCc1ccc(-c2cccc(NC(=N)N)c2)c(O)c1NC=O. The van der Waals surface area contributed by atoms with Gasteiger partial charge in [0.25, 0.3) is 0 Å². The van der Waals surface area contributed by atoms with E-state index in [-0.39, 0.29) is 29.8 Å². The number of hydrogen-bond donors (Lipinski definition) is 5. The van der Waals surface area contributed by atoms with Gasteiger partial charge >= 0.3 is 5.97 Å². The Labute approximate surface area is 169 Å². The van der Waals surface area contributed by atoms with Crippen molar-refractivity contribution in [2.24, 2.45) is 5.73 Å². The van der Waals surface area contributed by atoms with Crippen molar-refractivity contribution < 1.29 is 19.4 Å². The molecule has 2 aromatic carbocycles. The molecule has 2 aromatic rings. The third kappa shape index (κ3) is 6.24. The highest BCUT2D eigenvalue weighted by Crippen LogP contribution is 2.39. The number of ether oxygens (including phenoxy) is 1. The van der Waals surface area contributed by atoms with E-state index in [0.717, 1.165) is 0 Å². The van der Waals surface area contributed by atoms with Gasteiger partial charge in [-0.3, -0.25) is 15.0 Å². The number of hydrogen-bond acceptors (Lipinski definition) is 5. The van der Waals surface area contributed by atoms with Crippen LogP contribution in [0.4, 0.5) is 11.4 Å². The zero-order valence-corrected chi connectivity index (χ0v) is 16.7. The van der Waals surface area contributed by atoms with E-state index in [2.05, 4.69) is 10.6 Å². The molecule has 0 bridgehead atoms. The van der Waals surface area contributed by atoms with Gasteiger partial charge in [-0.1, -0.05) is 24.3 Å². The van der Waals surface area contributed by atoms with Crippen LogP contribution in [0.2, 0.25) is 0 Å². The van der Waals surface area contributed by atoms with Crippen LogP contribution in [0.5, 0.6) is 5.75 Å². The Bertz CT molecular complexity index is 919. The first-order valence-electron chi connectivity index (χ1n) is 9.09. The maximum Gasteiger partial charge on any atom is 0.306 e. The third-order valence-corrected chi connectivity index (χ3v) is 3.94. The Morgan fingerprint density at radius 1 is 1.28 bits per heavy atom. The first-order valence-corrected chi connectivity index (χ1v) is 9.09. The van der Waals surface area contributed by atoms with Gasteiger partial charge in [-0.25, -0.2) is 0 Å². The Balaban J connectivity index is 2.32. The Kier molecular flexibility index (Phi) is 6.82. The summed E-state index contributed by atoms with van der Waals surface area (Å²) in [6, 6.07) is 10.5. The van der Waals surface area contributed by atoms with E-state index in [1.54, 1.807) is 57.2 Å². The van der Waals surface area contributed by atoms with Crippen molar-refractivity contribution in [3.8, 4) is 16.9 Å². The number of aryl methyl sites for hydroxylation is 1. The van der Waals surface area contributed by atoms with Crippen LogP contribution in [0.1, 0.15) is 32.8 Å². The first-order chi connectivity index (χ1) is 13.6. The quantitative estimate of drug-likeness (QED) is 0.160. The smallest absolute Gasteiger partial charge is 0.306 e. The van der Waals surface area contributed by atoms with E-state index >= 15 is 0 Å². The molecule has 1 amide bonds. The number of nitrogens with one attached hydrogen (secondary N) is 3. The predicted molar refractivity (Wildman–Crippen MR) is 113 cm³/mol. The summed E-state index contributed by atoms with van der Waals surface area (Å²) in [5.74, 6) is -0.674. The van der Waals surface area contributed by atoms with Crippen LogP contribution in [0.25, 0.3) is 11.1 Å². The molecule has 0 aliphatic heterocycles. The zero-order chi connectivity index (χ0) is 21.6. The standard InChI is InChI=1S/C21H26N4O4/c1-21(2,3)29-17(27)10-8-13-7-9-16(19(28)18(13)24-12-26)14-5-4-6-15(11-14)25-20(22)23/h4-7,9,11-12,28H,8,10H2,1-3H3,(H,24,26)(H4,22,23,25). The van der Waals surface area contributed by atoms with Crippen molar-refractivity contribution in [3.63, 3.8) is 0 Å². The number of aromatic hydroxyl groups is 1. The molecule has 2 rings (SSSR count). The van der Waals surface area contributed by atoms with Gasteiger partial charge in [-0.2, -0.15) is 0 Å². The van der Waals surface area contributed by atoms with E-state index in [9.17, 15) is 14.7 Å². The number of guanidine groups is 1. The van der Waals surface area contributed by atoms with E-state index in [4.69, 9.17) is 15.9 Å². The summed E-state index contributed by atoms with van der Waals surface area (Å²) in [6.07, 6.45) is 0.885. The molecule has 29 heavy (non-hydrogen) atoms. The first kappa shape index (κ1) is 21.7. The minimum Gasteiger partial charge on any atom is -0.505 e. The lowest BCUT2D eigenvalue weighted by atomic mass is 9.98. The number of nitrogens with two attached hydrogens (primary N) is 1. The highest BCUT2D eigenvalue weighted by Gasteiger charge is 2.18. The largest absolute Gasteiger partial charge is 0.505 e. The predicted octanol–water partition coefficient (Wildman–Crippen LogP) is 3.21. The van der Waals surface area contributed by atoms with Gasteiger partial charge < -0.3 is 26.2 Å². The van der Waals surface area contributed by atoms with Gasteiger partial charge in [0.2, 0.25) is 6.41 Å². The van der Waals surface area contributed by atoms with Crippen molar-refractivity contribution in [1.82, 2.24) is 0 Å². The fourth-order valence-corrected chi connectivity index (χ4v) is 2.84. The monoisotopic (exact) mass is 398 g/mol. The van der Waals surface area contributed by atoms with Gasteiger partial charge in [-0.05, 0) is 50.5 Å². The average Bonchev–Trinajstić information content (AvgIpc) is 2.60. The summed E-state index contributed by atoms with van der Waals surface area (Å²) in [4.78, 5) is 23.1. The lowest BCUT2D eigenvalue weighted by molar-refractivity contribution is -0.154. The number of rotatable bonds is 7. The molecule has 0 aliphatic carbocycles. The molecule has 6 N–H and O–H groups in total. The Morgan fingerprint density at radius 2 is 2.00 bits per heavy atom. The molecule has 0 saturated heterocycles. The van der Waals surface area contributed by atoms with Gasteiger partial charge in [0.15, 0.2) is 5.96 Å². The van der Waals surface area contributed by atoms with Gasteiger partial charge in [-0.15, -0.1) is 0 Å². The van der Waals surface area contributed by atoms with Crippen molar-refractivity contribution in [2.45, 2.75) is 39.2 Å². The maximum atomic E-state index is 12.0. The number of anilines is 2. The molecule has 0 aliphatic rings. The lowest BCUT2D eigenvalue weighted by Crippen LogP contribution is -2.24. The average molecular weight is 398 g/mol. The van der Waals surface area contributed by atoms with Crippen LogP contribution in [0.3, 0.4) is 0 Å². The van der Waals surface area contributed by atoms with Crippen molar-refractivity contribution in [1.29, 1.82) is 5.41 Å². The normalized spacial score (nSPS) is 10.9. The van der Waals surface area contributed by atoms with Crippen molar-refractivity contribution >= 4 is 29.7 Å². The second-order valence-corrected chi connectivity index (χ2v) is 7.46. The number of phenolic OH excluding ortho intramolecular Hbond substituents is 1. The Morgan fingerprint density at radius 3 is 2.62 bits per heavy atom. The van der Waals surface area contributed by atoms with E-state index in [1.807, 2.05) is 0 Å². The molecule has 0 atom stereocenters. The minimum atomic E-state index is -0.577. The van der Waals surface area contributed by atoms with Crippen LogP contribution >= 0.6 is 0 Å². The van der Waals surface area contributed by atoms with Crippen LogP contribution in [-0.2, 0) is 20.7 Å². The van der Waals surface area contributed by atoms with Crippen LogP contribution < -0.4 is 16.4 Å². The fraction of sp³-hybridized carbons (Fsp3) is 0.286. The second kappa shape index (κ2) is 9.09. The molecule has 0 unspecified atom stereocenters.